The van der Waals surface area contributed by atoms with Gasteiger partial charge in [-0.2, -0.15) is 0 Å². The van der Waals surface area contributed by atoms with Crippen molar-refractivity contribution in [1.29, 1.82) is 0 Å². The maximum atomic E-state index is 13.7. The predicted molar refractivity (Wildman–Crippen MR) is 107 cm³/mol. The maximum Gasteiger partial charge on any atom is 0.236 e. The number of hydrogen-bond donors (Lipinski definition) is 0. The van der Waals surface area contributed by atoms with Crippen LogP contribution in [0.4, 0.5) is 0 Å². The monoisotopic (exact) mass is 388 g/mol. The molecule has 6 heteroatoms. The van der Waals surface area contributed by atoms with Gasteiger partial charge in [0.15, 0.2) is 0 Å². The highest BCUT2D eigenvalue weighted by Crippen LogP contribution is 2.54. The van der Waals surface area contributed by atoms with Crippen molar-refractivity contribution in [2.75, 3.05) is 20.4 Å². The Labute approximate surface area is 160 Å². The molecular formula is C21H25O5P. The van der Waals surface area contributed by atoms with E-state index in [0.717, 1.165) is 5.56 Å². The van der Waals surface area contributed by atoms with Gasteiger partial charge in [0.2, 0.25) is 18.2 Å². The Morgan fingerprint density at radius 2 is 1.33 bits per heavy atom. The number of hydrogen-bond acceptors (Lipinski definition) is 5. The van der Waals surface area contributed by atoms with Crippen molar-refractivity contribution in [3.63, 3.8) is 0 Å². The van der Waals surface area contributed by atoms with Crippen LogP contribution in [-0.2, 0) is 4.57 Å². The Morgan fingerprint density at radius 3 is 1.74 bits per heavy atom. The standard InChI is InChI=1S/C21H25O5P/c1-7-27(24,20(22)18-14(3)11-13(2)12-15(18)4)21(23)19-16(25-5)9-8-10-17(19)26-6/h8-12H,7H2,1-6H3. The smallest absolute Gasteiger partial charge is 0.236 e. The molecule has 0 saturated carbocycles. The van der Waals surface area contributed by atoms with Crippen molar-refractivity contribution in [1.82, 2.24) is 0 Å². The molecular weight excluding hydrogens is 363 g/mol. The lowest BCUT2D eigenvalue weighted by Crippen LogP contribution is -2.16. The highest BCUT2D eigenvalue weighted by molar-refractivity contribution is 7.95. The van der Waals surface area contributed by atoms with E-state index in [0.29, 0.717) is 16.7 Å². The summed E-state index contributed by atoms with van der Waals surface area (Å²) in [5.41, 5.74) is 1.49. The van der Waals surface area contributed by atoms with E-state index >= 15 is 0 Å². The number of methoxy groups -OCH3 is 2. The minimum Gasteiger partial charge on any atom is -0.496 e. The first-order valence-corrected chi connectivity index (χ1v) is 10.6. The zero-order chi connectivity index (χ0) is 20.4. The zero-order valence-corrected chi connectivity index (χ0v) is 17.5. The molecule has 2 rings (SSSR count). The molecule has 0 radical (unpaired) electrons. The third-order valence-electron chi connectivity index (χ3n) is 4.63. The lowest BCUT2D eigenvalue weighted by Gasteiger charge is -2.20. The number of benzene rings is 2. The zero-order valence-electron chi connectivity index (χ0n) is 16.6. The van der Waals surface area contributed by atoms with Gasteiger partial charge in [-0.3, -0.25) is 9.59 Å². The minimum absolute atomic E-state index is 0.0449. The third-order valence-corrected chi connectivity index (χ3v) is 7.28. The molecule has 1 unspecified atom stereocenters. The molecule has 0 saturated heterocycles. The third kappa shape index (κ3) is 3.70. The molecule has 0 fully saturated rings. The van der Waals surface area contributed by atoms with Gasteiger partial charge >= 0.3 is 0 Å². The van der Waals surface area contributed by atoms with Gasteiger partial charge in [-0.15, -0.1) is 0 Å². The summed E-state index contributed by atoms with van der Waals surface area (Å²) < 4.78 is 24.2. The molecule has 0 aliphatic heterocycles. The van der Waals surface area contributed by atoms with E-state index in [9.17, 15) is 14.2 Å². The van der Waals surface area contributed by atoms with Crippen LogP contribution in [0.5, 0.6) is 11.5 Å². The van der Waals surface area contributed by atoms with Crippen molar-refractivity contribution in [2.24, 2.45) is 0 Å². The number of carbonyl (C=O) groups excluding carboxylic acids is 2. The van der Waals surface area contributed by atoms with Crippen LogP contribution in [0.15, 0.2) is 30.3 Å². The molecule has 2 aromatic rings. The van der Waals surface area contributed by atoms with E-state index in [2.05, 4.69) is 0 Å². The van der Waals surface area contributed by atoms with Crippen LogP contribution >= 0.6 is 7.14 Å². The first-order chi connectivity index (χ1) is 12.7. The Bertz CT molecular complexity index is 900. The highest BCUT2D eigenvalue weighted by Gasteiger charge is 2.42. The summed E-state index contributed by atoms with van der Waals surface area (Å²) in [5, 5.41) is 0. The molecule has 2 aromatic carbocycles. The summed E-state index contributed by atoms with van der Waals surface area (Å²) in [6.45, 7) is 7.11. The average Bonchev–Trinajstić information content (AvgIpc) is 2.64. The molecule has 27 heavy (non-hydrogen) atoms. The second-order valence-electron chi connectivity index (χ2n) is 6.48. The fourth-order valence-corrected chi connectivity index (χ4v) is 5.37. The van der Waals surface area contributed by atoms with E-state index in [4.69, 9.17) is 9.47 Å². The second-order valence-corrected chi connectivity index (χ2v) is 9.40. The number of ether oxygens (including phenoxy) is 2. The largest absolute Gasteiger partial charge is 0.496 e. The quantitative estimate of drug-likeness (QED) is 0.625. The van der Waals surface area contributed by atoms with Crippen molar-refractivity contribution >= 4 is 18.2 Å². The van der Waals surface area contributed by atoms with Gasteiger partial charge in [0.25, 0.3) is 0 Å². The van der Waals surface area contributed by atoms with Crippen molar-refractivity contribution < 1.29 is 23.6 Å². The molecule has 0 amide bonds. The highest BCUT2D eigenvalue weighted by atomic mass is 31.2. The normalized spacial score (nSPS) is 13.0. The Balaban J connectivity index is 2.67. The number of aryl methyl sites for hydroxylation is 3. The van der Waals surface area contributed by atoms with E-state index < -0.39 is 18.2 Å². The summed E-state index contributed by atoms with van der Waals surface area (Å²) in [6, 6.07) is 8.55. The van der Waals surface area contributed by atoms with Crippen LogP contribution in [0.3, 0.4) is 0 Å². The molecule has 0 aliphatic rings. The lowest BCUT2D eigenvalue weighted by atomic mass is 10.0. The van der Waals surface area contributed by atoms with Crippen LogP contribution in [0.2, 0.25) is 0 Å². The fraction of sp³-hybridized carbons (Fsp3) is 0.333. The maximum absolute atomic E-state index is 13.7. The van der Waals surface area contributed by atoms with Crippen LogP contribution < -0.4 is 9.47 Å². The van der Waals surface area contributed by atoms with Gasteiger partial charge in [0, 0.05) is 11.7 Å². The predicted octanol–water partition coefficient (Wildman–Crippen LogP) is 4.99. The Kier molecular flexibility index (Phi) is 6.27. The molecule has 0 bridgehead atoms. The molecule has 0 spiro atoms. The molecule has 0 heterocycles. The Hall–Kier alpha value is -2.39. The molecule has 5 nitrogen and oxygen atoms in total. The van der Waals surface area contributed by atoms with Gasteiger partial charge in [-0.05, 0) is 44.0 Å². The van der Waals surface area contributed by atoms with Gasteiger partial charge in [-0.25, -0.2) is 0 Å². The lowest BCUT2D eigenvalue weighted by molar-refractivity contribution is 0.103. The summed E-state index contributed by atoms with van der Waals surface area (Å²) in [6.07, 6.45) is -0.0708. The van der Waals surface area contributed by atoms with Crippen molar-refractivity contribution in [2.45, 2.75) is 27.7 Å². The molecule has 0 N–H and O–H groups in total. The van der Waals surface area contributed by atoms with Gasteiger partial charge in [-0.1, -0.05) is 30.7 Å². The number of carbonyl (C=O) groups is 2. The average molecular weight is 388 g/mol. The van der Waals surface area contributed by atoms with Gasteiger partial charge < -0.3 is 14.0 Å². The summed E-state index contributed by atoms with van der Waals surface area (Å²) in [5.74, 6) is 0.469. The summed E-state index contributed by atoms with van der Waals surface area (Å²) >= 11 is 0. The van der Waals surface area contributed by atoms with Crippen LogP contribution in [0, 0.1) is 20.8 Å². The van der Waals surface area contributed by atoms with Crippen LogP contribution in [-0.4, -0.2) is 31.4 Å². The summed E-state index contributed by atoms with van der Waals surface area (Å²) in [4.78, 5) is 26.6. The molecule has 0 aromatic heterocycles. The van der Waals surface area contributed by atoms with Gasteiger partial charge in [0.1, 0.15) is 17.1 Å². The Morgan fingerprint density at radius 1 is 0.889 bits per heavy atom. The second kappa shape index (κ2) is 8.10. The van der Waals surface area contributed by atoms with E-state index in [1.54, 1.807) is 39.0 Å². The SMILES string of the molecule is CCP(=O)(C(=O)c1c(C)cc(C)cc1C)C(=O)c1c(OC)cccc1OC. The van der Waals surface area contributed by atoms with Crippen LogP contribution in [0.1, 0.15) is 44.3 Å². The van der Waals surface area contributed by atoms with Crippen molar-refractivity contribution in [3.8, 4) is 11.5 Å². The van der Waals surface area contributed by atoms with E-state index in [-0.39, 0.29) is 23.2 Å². The fourth-order valence-electron chi connectivity index (χ4n) is 3.32. The minimum atomic E-state index is -3.91. The van der Waals surface area contributed by atoms with E-state index in [1.807, 2.05) is 19.1 Å². The van der Waals surface area contributed by atoms with E-state index in [1.165, 1.54) is 14.2 Å². The van der Waals surface area contributed by atoms with Crippen LogP contribution in [0.25, 0.3) is 0 Å². The first-order valence-electron chi connectivity index (χ1n) is 8.68. The topological polar surface area (TPSA) is 69.7 Å². The first kappa shape index (κ1) is 20.9. The van der Waals surface area contributed by atoms with Crippen molar-refractivity contribution in [3.05, 3.63) is 58.1 Å². The summed E-state index contributed by atoms with van der Waals surface area (Å²) in [7, 11) is -1.08. The number of rotatable bonds is 7. The molecule has 144 valence electrons. The van der Waals surface area contributed by atoms with Gasteiger partial charge in [0.05, 0.1) is 14.2 Å². The molecule has 1 atom stereocenters. The molecule has 0 aliphatic carbocycles.